The number of hydrogen-bond acceptors (Lipinski definition) is 3. The van der Waals surface area contributed by atoms with Gasteiger partial charge in [-0.2, -0.15) is 10.4 Å². The van der Waals surface area contributed by atoms with Crippen LogP contribution in [0.3, 0.4) is 0 Å². The maximum atomic E-state index is 12.9. The van der Waals surface area contributed by atoms with Crippen molar-refractivity contribution >= 4 is 0 Å². The molecule has 3 rings (SSSR count). The van der Waals surface area contributed by atoms with Crippen molar-refractivity contribution in [1.29, 1.82) is 5.26 Å². The van der Waals surface area contributed by atoms with Gasteiger partial charge < -0.3 is 0 Å². The van der Waals surface area contributed by atoms with Gasteiger partial charge in [0.25, 0.3) is 0 Å². The van der Waals surface area contributed by atoms with Gasteiger partial charge in [0.1, 0.15) is 11.9 Å². The molecule has 96 valence electrons. The first-order valence-corrected chi connectivity index (χ1v) is 5.94. The number of nitrogens with one attached hydrogen (secondary N) is 1. The van der Waals surface area contributed by atoms with Gasteiger partial charge in [-0.15, -0.1) is 0 Å². The number of nitrogens with zero attached hydrogens (tertiary/aromatic N) is 3. The fraction of sp³-hybridized carbons (Fsp3) is 0. The summed E-state index contributed by atoms with van der Waals surface area (Å²) in [5.41, 5.74) is 3.39. The molecule has 0 aliphatic heterocycles. The number of halogens is 1. The highest BCUT2D eigenvalue weighted by atomic mass is 19.1. The van der Waals surface area contributed by atoms with Crippen LogP contribution in [-0.4, -0.2) is 15.2 Å². The molecule has 5 heteroatoms. The van der Waals surface area contributed by atoms with E-state index >= 15 is 0 Å². The van der Waals surface area contributed by atoms with E-state index in [-0.39, 0.29) is 5.82 Å². The van der Waals surface area contributed by atoms with E-state index in [4.69, 9.17) is 5.26 Å². The lowest BCUT2D eigenvalue weighted by atomic mass is 10.0. The molecule has 1 N–H and O–H groups in total. The van der Waals surface area contributed by atoms with Crippen molar-refractivity contribution in [2.75, 3.05) is 0 Å². The number of H-pyrrole nitrogens is 1. The summed E-state index contributed by atoms with van der Waals surface area (Å²) in [5.74, 6) is -0.295. The number of hydrogen-bond donors (Lipinski definition) is 1. The van der Waals surface area contributed by atoms with Crippen molar-refractivity contribution in [3.8, 4) is 28.6 Å². The summed E-state index contributed by atoms with van der Waals surface area (Å²) in [6.07, 6.45) is 3.13. The third-order valence-corrected chi connectivity index (χ3v) is 2.96. The van der Waals surface area contributed by atoms with Crippen molar-refractivity contribution in [1.82, 2.24) is 15.2 Å². The maximum absolute atomic E-state index is 12.9. The predicted octanol–water partition coefficient (Wildman–Crippen LogP) is 3.15. The van der Waals surface area contributed by atoms with E-state index in [9.17, 15) is 4.39 Å². The molecule has 0 atom stereocenters. The first-order chi connectivity index (χ1) is 9.78. The van der Waals surface area contributed by atoms with Crippen molar-refractivity contribution in [2.24, 2.45) is 0 Å². The molecule has 1 aromatic carbocycles. The third kappa shape index (κ3) is 2.15. The quantitative estimate of drug-likeness (QED) is 0.773. The van der Waals surface area contributed by atoms with Gasteiger partial charge in [-0.05, 0) is 36.4 Å². The number of rotatable bonds is 2. The van der Waals surface area contributed by atoms with Crippen molar-refractivity contribution in [3.05, 3.63) is 60.2 Å². The van der Waals surface area contributed by atoms with E-state index < -0.39 is 0 Å². The van der Waals surface area contributed by atoms with E-state index in [1.54, 1.807) is 30.5 Å². The molecule has 0 amide bonds. The Morgan fingerprint density at radius 3 is 2.60 bits per heavy atom. The minimum Gasteiger partial charge on any atom is -0.278 e. The van der Waals surface area contributed by atoms with Gasteiger partial charge in [-0.3, -0.25) is 10.1 Å². The summed E-state index contributed by atoms with van der Waals surface area (Å²) in [4.78, 5) is 4.24. The van der Waals surface area contributed by atoms with Crippen LogP contribution in [0.2, 0.25) is 0 Å². The molecule has 0 saturated heterocycles. The molecule has 0 fully saturated rings. The van der Waals surface area contributed by atoms with Crippen LogP contribution in [0, 0.1) is 17.1 Å². The van der Waals surface area contributed by atoms with Crippen LogP contribution in [0.4, 0.5) is 4.39 Å². The van der Waals surface area contributed by atoms with Crippen LogP contribution in [0.25, 0.3) is 22.5 Å². The molecule has 0 bridgehead atoms. The van der Waals surface area contributed by atoms with Gasteiger partial charge >= 0.3 is 0 Å². The topological polar surface area (TPSA) is 65.4 Å². The summed E-state index contributed by atoms with van der Waals surface area (Å²) in [6.45, 7) is 0. The van der Waals surface area contributed by atoms with E-state index in [0.717, 1.165) is 16.8 Å². The van der Waals surface area contributed by atoms with Gasteiger partial charge in [-0.25, -0.2) is 4.39 Å². The molecule has 4 nitrogen and oxygen atoms in total. The minimum atomic E-state index is -0.295. The van der Waals surface area contributed by atoms with Crippen LogP contribution >= 0.6 is 0 Å². The Balaban J connectivity index is 2.13. The van der Waals surface area contributed by atoms with Crippen LogP contribution < -0.4 is 0 Å². The zero-order valence-electron chi connectivity index (χ0n) is 10.3. The molecule has 2 heterocycles. The second-order valence-corrected chi connectivity index (χ2v) is 4.20. The lowest BCUT2D eigenvalue weighted by Gasteiger charge is -2.05. The summed E-state index contributed by atoms with van der Waals surface area (Å²) in [6, 6.07) is 11.7. The average molecular weight is 264 g/mol. The fourth-order valence-electron chi connectivity index (χ4n) is 1.95. The number of aromatic amines is 1. The lowest BCUT2D eigenvalue weighted by Crippen LogP contribution is -1.91. The first-order valence-electron chi connectivity index (χ1n) is 5.94. The molecule has 0 aliphatic rings. The monoisotopic (exact) mass is 264 g/mol. The van der Waals surface area contributed by atoms with Crippen molar-refractivity contribution in [2.45, 2.75) is 0 Å². The Labute approximate surface area is 114 Å². The van der Waals surface area contributed by atoms with Gasteiger partial charge in [0, 0.05) is 23.5 Å². The molecular weight excluding hydrogens is 255 g/mol. The Morgan fingerprint density at radius 1 is 1.15 bits per heavy atom. The van der Waals surface area contributed by atoms with E-state index in [1.807, 2.05) is 0 Å². The summed E-state index contributed by atoms with van der Waals surface area (Å²) >= 11 is 0. The second-order valence-electron chi connectivity index (χ2n) is 4.20. The molecule has 0 spiro atoms. The minimum absolute atomic E-state index is 0.295. The lowest BCUT2D eigenvalue weighted by molar-refractivity contribution is 0.628. The number of pyridine rings is 1. The zero-order valence-corrected chi connectivity index (χ0v) is 10.3. The second kappa shape index (κ2) is 4.94. The Kier molecular flexibility index (Phi) is 2.98. The van der Waals surface area contributed by atoms with Crippen LogP contribution in [-0.2, 0) is 0 Å². The van der Waals surface area contributed by atoms with Gasteiger partial charge in [0.15, 0.2) is 0 Å². The average Bonchev–Trinajstić information content (AvgIpc) is 3.01. The summed E-state index contributed by atoms with van der Waals surface area (Å²) < 4.78 is 12.9. The fourth-order valence-corrected chi connectivity index (χ4v) is 1.95. The number of benzene rings is 1. The normalized spacial score (nSPS) is 10.2. The largest absolute Gasteiger partial charge is 0.278 e. The third-order valence-electron chi connectivity index (χ3n) is 2.96. The molecule has 0 aliphatic carbocycles. The highest BCUT2D eigenvalue weighted by Crippen LogP contribution is 2.26. The zero-order chi connectivity index (χ0) is 13.9. The molecule has 0 radical (unpaired) electrons. The van der Waals surface area contributed by atoms with Crippen LogP contribution in [0.1, 0.15) is 5.56 Å². The SMILES string of the molecule is N#Cc1cnc(-c2ccc(F)cc2)cc1-c1ccn[nH]1. The van der Waals surface area contributed by atoms with Gasteiger partial charge in [0.05, 0.1) is 17.0 Å². The van der Waals surface area contributed by atoms with Gasteiger partial charge in [-0.1, -0.05) is 0 Å². The molecule has 20 heavy (non-hydrogen) atoms. The predicted molar refractivity (Wildman–Crippen MR) is 71.9 cm³/mol. The molecular formula is C15H9FN4. The van der Waals surface area contributed by atoms with E-state index in [0.29, 0.717) is 11.3 Å². The number of aromatic nitrogens is 3. The smallest absolute Gasteiger partial charge is 0.123 e. The number of nitriles is 1. The Morgan fingerprint density at radius 2 is 1.95 bits per heavy atom. The first kappa shape index (κ1) is 12.1. The summed E-state index contributed by atoms with van der Waals surface area (Å²) in [5, 5.41) is 15.9. The highest BCUT2D eigenvalue weighted by molar-refractivity contribution is 5.72. The van der Waals surface area contributed by atoms with E-state index in [1.165, 1.54) is 18.3 Å². The Hall–Kier alpha value is -3.00. The standard InChI is InChI=1S/C15H9FN4/c16-12-3-1-10(2-4-12)15-7-13(11(8-17)9-18-15)14-5-6-19-20-14/h1-7,9H,(H,19,20). The molecule has 0 saturated carbocycles. The van der Waals surface area contributed by atoms with Crippen molar-refractivity contribution < 1.29 is 4.39 Å². The van der Waals surface area contributed by atoms with Crippen LogP contribution in [0.15, 0.2) is 48.8 Å². The van der Waals surface area contributed by atoms with Crippen molar-refractivity contribution in [3.63, 3.8) is 0 Å². The summed E-state index contributed by atoms with van der Waals surface area (Å²) in [7, 11) is 0. The van der Waals surface area contributed by atoms with Gasteiger partial charge in [0.2, 0.25) is 0 Å². The van der Waals surface area contributed by atoms with Crippen LogP contribution in [0.5, 0.6) is 0 Å². The Bertz CT molecular complexity index is 771. The molecule has 0 unspecified atom stereocenters. The molecule has 2 aromatic heterocycles. The maximum Gasteiger partial charge on any atom is 0.123 e. The molecule has 3 aromatic rings. The van der Waals surface area contributed by atoms with E-state index in [2.05, 4.69) is 21.3 Å². The highest BCUT2D eigenvalue weighted by Gasteiger charge is 2.09.